The lowest BCUT2D eigenvalue weighted by molar-refractivity contribution is -0.110. The van der Waals surface area contributed by atoms with Gasteiger partial charge in [0.1, 0.15) is 29.6 Å². The minimum absolute atomic E-state index is 0.0527. The third kappa shape index (κ3) is 4.61. The Bertz CT molecular complexity index is 1740. The van der Waals surface area contributed by atoms with Crippen molar-refractivity contribution in [2.24, 2.45) is 5.92 Å². The fourth-order valence-electron chi connectivity index (χ4n) is 5.07. The molecule has 3 atom stereocenters. The normalized spacial score (nSPS) is 17.4. The van der Waals surface area contributed by atoms with Crippen LogP contribution in [0.4, 0.5) is 22.4 Å². The van der Waals surface area contributed by atoms with Gasteiger partial charge in [0.25, 0.3) is 5.56 Å². The number of anilines is 3. The summed E-state index contributed by atoms with van der Waals surface area (Å²) in [5, 5.41) is 21.9. The Kier molecular flexibility index (Phi) is 6.93. The van der Waals surface area contributed by atoms with Crippen molar-refractivity contribution in [2.45, 2.75) is 18.5 Å². The molecule has 13 nitrogen and oxygen atoms in total. The first kappa shape index (κ1) is 26.4. The summed E-state index contributed by atoms with van der Waals surface area (Å²) in [7, 11) is 0. The molecule has 40 heavy (non-hydrogen) atoms. The lowest BCUT2D eigenvalue weighted by atomic mass is 9.97. The number of nitrogens with two attached hydrogens (primary N) is 2. The third-order valence-electron chi connectivity index (χ3n) is 6.78. The van der Waals surface area contributed by atoms with Crippen LogP contribution in [0.2, 0.25) is 5.02 Å². The molecule has 2 aromatic heterocycles. The number of carbonyl (C=O) groups is 2. The highest BCUT2D eigenvalue weighted by Crippen LogP contribution is 2.41. The van der Waals surface area contributed by atoms with E-state index in [2.05, 4.69) is 15.3 Å². The molecule has 0 bridgehead atoms. The Hall–Kier alpha value is -5.22. The maximum absolute atomic E-state index is 14.0. The maximum Gasteiger partial charge on any atom is 0.405 e. The number of rotatable bonds is 6. The van der Waals surface area contributed by atoms with Crippen molar-refractivity contribution < 1.29 is 14.7 Å². The van der Waals surface area contributed by atoms with E-state index in [4.69, 9.17) is 28.1 Å². The molecule has 0 spiro atoms. The van der Waals surface area contributed by atoms with E-state index in [1.807, 2.05) is 6.07 Å². The van der Waals surface area contributed by atoms with Crippen LogP contribution >= 0.6 is 11.6 Å². The Morgan fingerprint density at radius 2 is 1.93 bits per heavy atom. The number of nitriles is 1. The van der Waals surface area contributed by atoms with Crippen molar-refractivity contribution in [1.29, 1.82) is 5.26 Å². The Morgan fingerprint density at radius 3 is 2.60 bits per heavy atom. The molecule has 2 aromatic carbocycles. The predicted octanol–water partition coefficient (Wildman–Crippen LogP) is 2.27. The molecule has 1 unspecified atom stereocenters. The van der Waals surface area contributed by atoms with Crippen molar-refractivity contribution in [3.05, 3.63) is 75.3 Å². The number of nitrogens with zero attached hydrogens (tertiary/aromatic N) is 6. The number of carboxylic acid groups (broad SMARTS) is 1. The number of para-hydroxylation sites is 1. The zero-order valence-corrected chi connectivity index (χ0v) is 21.5. The number of carbonyl (C=O) groups excluding carboxylic acids is 1. The topological polar surface area (TPSA) is 206 Å². The molecule has 5 rings (SSSR count). The van der Waals surface area contributed by atoms with E-state index in [0.29, 0.717) is 17.5 Å². The number of halogens is 1. The molecule has 6 N–H and O–H groups in total. The minimum Gasteiger partial charge on any atom is -0.465 e. The quantitative estimate of drug-likeness (QED) is 0.252. The van der Waals surface area contributed by atoms with Gasteiger partial charge in [-0.25, -0.2) is 9.78 Å². The van der Waals surface area contributed by atoms with Crippen LogP contribution in [0.25, 0.3) is 16.6 Å². The zero-order valence-electron chi connectivity index (χ0n) is 20.7. The molecular formula is C26H22ClN9O4. The van der Waals surface area contributed by atoms with E-state index in [0.717, 1.165) is 0 Å². The first-order valence-electron chi connectivity index (χ1n) is 12.0. The number of aromatic nitrogens is 4. The molecule has 202 valence electrons. The standard InChI is InChI=1S/C26H22ClN9O4/c27-16-7-4-8-17-20(16)24(38)36(14-5-2-1-3-6-14)23(31-17)19-9-13(18(12-37)32-26(39)40)11-35(19)22-15(10-28)21(29)33-25(30)34-22/h1-8,12-13,18-19,32H,9,11H2,(H,39,40)(H4,29,30,33,34)/t13-,18?,19+/m1/s1. The monoisotopic (exact) mass is 559 g/mol. The highest BCUT2D eigenvalue weighted by molar-refractivity contribution is 6.35. The number of fused-ring (bicyclic) bond motifs is 1. The molecule has 0 aliphatic carbocycles. The van der Waals surface area contributed by atoms with E-state index < -0.39 is 29.7 Å². The summed E-state index contributed by atoms with van der Waals surface area (Å²) in [4.78, 5) is 52.0. The number of hydrogen-bond acceptors (Lipinski definition) is 10. The SMILES string of the molecule is N#Cc1c(N)nc(N)nc1N1C[C@H](C(C=O)NC(=O)O)C[C@H]1c1nc2cccc(Cl)c2c(=O)n1-c1ccccc1. The lowest BCUT2D eigenvalue weighted by Crippen LogP contribution is -2.42. The molecule has 1 amide bonds. The van der Waals surface area contributed by atoms with Crippen LogP contribution in [0.1, 0.15) is 23.9 Å². The van der Waals surface area contributed by atoms with Crippen molar-refractivity contribution in [1.82, 2.24) is 24.8 Å². The summed E-state index contributed by atoms with van der Waals surface area (Å²) in [6, 6.07) is 13.8. The number of benzene rings is 2. The molecule has 1 fully saturated rings. The van der Waals surface area contributed by atoms with E-state index >= 15 is 0 Å². The fraction of sp³-hybridized carbons (Fsp3) is 0.192. The first-order valence-corrected chi connectivity index (χ1v) is 12.4. The third-order valence-corrected chi connectivity index (χ3v) is 7.10. The second-order valence-electron chi connectivity index (χ2n) is 9.13. The van der Waals surface area contributed by atoms with Crippen LogP contribution in [0.5, 0.6) is 0 Å². The van der Waals surface area contributed by atoms with Crippen LogP contribution in [-0.4, -0.2) is 49.6 Å². The smallest absolute Gasteiger partial charge is 0.405 e. The van der Waals surface area contributed by atoms with Crippen LogP contribution < -0.4 is 27.2 Å². The van der Waals surface area contributed by atoms with Gasteiger partial charge in [0.15, 0.2) is 5.82 Å². The van der Waals surface area contributed by atoms with Gasteiger partial charge in [0, 0.05) is 12.5 Å². The van der Waals surface area contributed by atoms with Crippen molar-refractivity contribution in [2.75, 3.05) is 22.9 Å². The fourth-order valence-corrected chi connectivity index (χ4v) is 5.32. The second-order valence-corrected chi connectivity index (χ2v) is 9.54. The van der Waals surface area contributed by atoms with Gasteiger partial charge in [-0.15, -0.1) is 0 Å². The largest absolute Gasteiger partial charge is 0.465 e. The molecule has 14 heteroatoms. The van der Waals surface area contributed by atoms with Crippen molar-refractivity contribution in [3.8, 4) is 11.8 Å². The van der Waals surface area contributed by atoms with E-state index in [1.165, 1.54) is 4.57 Å². The summed E-state index contributed by atoms with van der Waals surface area (Å²) in [5.41, 5.74) is 12.2. The van der Waals surface area contributed by atoms with Gasteiger partial charge in [0.05, 0.1) is 33.7 Å². The number of amides is 1. The molecule has 1 saturated heterocycles. The van der Waals surface area contributed by atoms with Crippen LogP contribution in [-0.2, 0) is 4.79 Å². The van der Waals surface area contributed by atoms with Gasteiger partial charge in [-0.3, -0.25) is 9.36 Å². The van der Waals surface area contributed by atoms with Crippen LogP contribution in [0, 0.1) is 17.2 Å². The number of hydrogen-bond donors (Lipinski definition) is 4. The molecule has 1 aliphatic heterocycles. The summed E-state index contributed by atoms with van der Waals surface area (Å²) in [6.45, 7) is 0.0527. The van der Waals surface area contributed by atoms with E-state index in [9.17, 15) is 24.8 Å². The Labute approximate surface area is 231 Å². The average Bonchev–Trinajstić information content (AvgIpc) is 3.36. The second kappa shape index (κ2) is 10.5. The summed E-state index contributed by atoms with van der Waals surface area (Å²) < 4.78 is 1.41. The Morgan fingerprint density at radius 1 is 1.18 bits per heavy atom. The van der Waals surface area contributed by atoms with Crippen molar-refractivity contribution in [3.63, 3.8) is 0 Å². The summed E-state index contributed by atoms with van der Waals surface area (Å²) >= 11 is 6.42. The van der Waals surface area contributed by atoms with Crippen LogP contribution in [0.15, 0.2) is 53.3 Å². The van der Waals surface area contributed by atoms with Crippen LogP contribution in [0.3, 0.4) is 0 Å². The van der Waals surface area contributed by atoms with Gasteiger partial charge >= 0.3 is 6.09 Å². The lowest BCUT2D eigenvalue weighted by Gasteiger charge is -2.28. The van der Waals surface area contributed by atoms with Crippen molar-refractivity contribution >= 4 is 52.5 Å². The van der Waals surface area contributed by atoms with Gasteiger partial charge in [-0.2, -0.15) is 15.2 Å². The van der Waals surface area contributed by atoms with Gasteiger partial charge in [-0.05, 0) is 30.7 Å². The Balaban J connectivity index is 1.79. The minimum atomic E-state index is -1.37. The molecule has 3 heterocycles. The number of aldehydes is 1. The molecule has 4 aromatic rings. The van der Waals surface area contributed by atoms with E-state index in [-0.39, 0.29) is 52.3 Å². The average molecular weight is 560 g/mol. The van der Waals surface area contributed by atoms with E-state index in [1.54, 1.807) is 53.4 Å². The zero-order chi connectivity index (χ0) is 28.6. The first-order chi connectivity index (χ1) is 19.2. The highest BCUT2D eigenvalue weighted by atomic mass is 35.5. The number of nitrogen functional groups attached to an aromatic ring is 2. The summed E-state index contributed by atoms with van der Waals surface area (Å²) in [5.74, 6) is -0.614. The van der Waals surface area contributed by atoms with Gasteiger partial charge < -0.3 is 31.6 Å². The van der Waals surface area contributed by atoms with Gasteiger partial charge in [-0.1, -0.05) is 35.9 Å². The maximum atomic E-state index is 14.0. The molecule has 0 saturated carbocycles. The number of nitrogens with one attached hydrogen (secondary N) is 1. The highest BCUT2D eigenvalue weighted by Gasteiger charge is 2.42. The molecule has 0 radical (unpaired) electrons. The predicted molar refractivity (Wildman–Crippen MR) is 147 cm³/mol. The molecule has 1 aliphatic rings. The summed E-state index contributed by atoms with van der Waals surface area (Å²) in [6.07, 6.45) is -0.713. The van der Waals surface area contributed by atoms with Gasteiger partial charge in [0.2, 0.25) is 5.95 Å². The molecular weight excluding hydrogens is 538 g/mol.